The molecule has 0 saturated carbocycles. The molecule has 0 bridgehead atoms. The predicted octanol–water partition coefficient (Wildman–Crippen LogP) is 5.11. The molecular weight excluding hydrogens is 294 g/mol. The van der Waals surface area contributed by atoms with Crippen molar-refractivity contribution in [3.8, 4) is 0 Å². The van der Waals surface area contributed by atoms with Crippen LogP contribution in [-0.2, 0) is 11.3 Å². The van der Waals surface area contributed by atoms with Crippen LogP contribution in [0.4, 0.5) is 0 Å². The van der Waals surface area contributed by atoms with Gasteiger partial charge in [0.2, 0.25) is 0 Å². The molecule has 0 saturated heterocycles. The van der Waals surface area contributed by atoms with Gasteiger partial charge in [0.15, 0.2) is 0 Å². The smallest absolute Gasteiger partial charge is 0.123 e. The second-order valence-electron chi connectivity index (χ2n) is 6.02. The number of aromatic nitrogens is 1. The van der Waals surface area contributed by atoms with Gasteiger partial charge in [-0.25, -0.2) is 0 Å². The summed E-state index contributed by atoms with van der Waals surface area (Å²) in [5.74, 6) is 0. The maximum Gasteiger partial charge on any atom is 0.123 e. The van der Waals surface area contributed by atoms with Gasteiger partial charge in [-0.3, -0.25) is 0 Å². The highest BCUT2D eigenvalue weighted by Crippen LogP contribution is 2.39. The lowest BCUT2D eigenvalue weighted by Crippen LogP contribution is -2.29. The zero-order chi connectivity index (χ0) is 15.3. The van der Waals surface area contributed by atoms with Crippen molar-refractivity contribution in [1.29, 1.82) is 0 Å². The Morgan fingerprint density at radius 1 is 1.09 bits per heavy atom. The van der Waals surface area contributed by atoms with E-state index in [9.17, 15) is 0 Å². The number of fused-ring (bicyclic) bond motifs is 3. The number of nitrogens with zero attached hydrogens (tertiary/aromatic N) is 1. The van der Waals surface area contributed by atoms with Crippen LogP contribution in [0, 0.1) is 6.92 Å². The van der Waals surface area contributed by atoms with E-state index in [1.165, 1.54) is 22.2 Å². The van der Waals surface area contributed by atoms with Crippen molar-refractivity contribution in [2.75, 3.05) is 0 Å². The third-order valence-electron chi connectivity index (χ3n) is 4.50. The molecule has 2 atom stereocenters. The first-order chi connectivity index (χ1) is 10.6. The minimum atomic E-state index is -0.0339. The first kappa shape index (κ1) is 13.9. The van der Waals surface area contributed by atoms with Gasteiger partial charge in [-0.15, -0.1) is 0 Å². The molecule has 0 fully saturated rings. The summed E-state index contributed by atoms with van der Waals surface area (Å²) in [5.41, 5.74) is 5.02. The van der Waals surface area contributed by atoms with Gasteiger partial charge in [0, 0.05) is 22.5 Å². The molecule has 3 aromatic rings. The van der Waals surface area contributed by atoms with E-state index < -0.39 is 0 Å². The van der Waals surface area contributed by atoms with Crippen LogP contribution in [0.5, 0.6) is 0 Å². The van der Waals surface area contributed by atoms with E-state index in [0.29, 0.717) is 0 Å². The average molecular weight is 312 g/mol. The summed E-state index contributed by atoms with van der Waals surface area (Å²) < 4.78 is 8.70. The topological polar surface area (TPSA) is 14.2 Å². The molecule has 0 N–H and O–H groups in total. The molecule has 2 heterocycles. The highest BCUT2D eigenvalue weighted by molar-refractivity contribution is 6.30. The van der Waals surface area contributed by atoms with Crippen LogP contribution in [0.25, 0.3) is 10.9 Å². The van der Waals surface area contributed by atoms with E-state index >= 15 is 0 Å². The maximum atomic E-state index is 6.29. The van der Waals surface area contributed by atoms with Crippen molar-refractivity contribution in [1.82, 2.24) is 4.57 Å². The molecule has 1 aromatic heterocycles. The van der Waals surface area contributed by atoms with Crippen LogP contribution in [0.3, 0.4) is 0 Å². The Hall–Kier alpha value is -1.77. The highest BCUT2D eigenvalue weighted by atomic mass is 35.5. The fourth-order valence-corrected chi connectivity index (χ4v) is 3.63. The second kappa shape index (κ2) is 5.15. The standard InChI is InChI=1S/C19H18ClNO/c1-12-11-21-17-6-4-3-5-16(17)13(2)18(21)19(22-12)14-7-9-15(20)10-8-14/h3-10,12,19H,11H2,1-2H3/t12-,19-/m0/s1. The van der Waals surface area contributed by atoms with Crippen LogP contribution in [0.15, 0.2) is 48.5 Å². The van der Waals surface area contributed by atoms with Crippen molar-refractivity contribution in [3.05, 3.63) is 70.4 Å². The number of aryl methyl sites for hydroxylation is 1. The number of hydrogen-bond acceptors (Lipinski definition) is 1. The number of ether oxygens (including phenoxy) is 1. The van der Waals surface area contributed by atoms with Crippen LogP contribution < -0.4 is 0 Å². The largest absolute Gasteiger partial charge is 0.362 e. The number of para-hydroxylation sites is 1. The van der Waals surface area contributed by atoms with Crippen LogP contribution in [0.1, 0.15) is 29.8 Å². The van der Waals surface area contributed by atoms with E-state index in [4.69, 9.17) is 16.3 Å². The van der Waals surface area contributed by atoms with E-state index in [2.05, 4.69) is 54.8 Å². The molecular formula is C19H18ClNO. The van der Waals surface area contributed by atoms with Gasteiger partial charge in [0.25, 0.3) is 0 Å². The molecule has 1 aliphatic rings. The predicted molar refractivity (Wildman–Crippen MR) is 90.5 cm³/mol. The number of hydrogen-bond donors (Lipinski definition) is 0. The lowest BCUT2D eigenvalue weighted by atomic mass is 10.0. The van der Waals surface area contributed by atoms with Gasteiger partial charge in [-0.2, -0.15) is 0 Å². The molecule has 1 aliphatic heterocycles. The Labute approximate surface area is 135 Å². The molecule has 0 spiro atoms. The molecule has 0 radical (unpaired) electrons. The molecule has 4 rings (SSSR count). The summed E-state index contributed by atoms with van der Waals surface area (Å²) in [7, 11) is 0. The van der Waals surface area contributed by atoms with Crippen molar-refractivity contribution in [2.45, 2.75) is 32.6 Å². The first-order valence-electron chi connectivity index (χ1n) is 7.64. The van der Waals surface area contributed by atoms with Gasteiger partial charge < -0.3 is 9.30 Å². The van der Waals surface area contributed by atoms with E-state index in [1.807, 2.05) is 12.1 Å². The summed E-state index contributed by atoms with van der Waals surface area (Å²) in [6.45, 7) is 5.22. The van der Waals surface area contributed by atoms with Crippen LogP contribution >= 0.6 is 11.6 Å². The second-order valence-corrected chi connectivity index (χ2v) is 6.45. The molecule has 22 heavy (non-hydrogen) atoms. The Kier molecular flexibility index (Phi) is 3.24. The molecule has 112 valence electrons. The lowest BCUT2D eigenvalue weighted by molar-refractivity contribution is -0.0146. The number of benzene rings is 2. The fourth-order valence-electron chi connectivity index (χ4n) is 3.50. The molecule has 0 unspecified atom stereocenters. The van der Waals surface area contributed by atoms with Crippen molar-refractivity contribution in [3.63, 3.8) is 0 Å². The normalized spacial score (nSPS) is 21.0. The summed E-state index contributed by atoms with van der Waals surface area (Å²) in [4.78, 5) is 0. The minimum absolute atomic E-state index is 0.0339. The third-order valence-corrected chi connectivity index (χ3v) is 4.76. The number of halogens is 1. The van der Waals surface area contributed by atoms with Crippen LogP contribution in [-0.4, -0.2) is 10.7 Å². The van der Waals surface area contributed by atoms with Gasteiger partial charge >= 0.3 is 0 Å². The number of rotatable bonds is 1. The maximum absolute atomic E-state index is 6.29. The zero-order valence-electron chi connectivity index (χ0n) is 12.7. The summed E-state index contributed by atoms with van der Waals surface area (Å²) in [6, 6.07) is 16.6. The summed E-state index contributed by atoms with van der Waals surface area (Å²) >= 11 is 6.03. The SMILES string of the molecule is Cc1c2n(c3ccccc13)C[C@H](C)O[C@H]2c1ccc(Cl)cc1. The first-order valence-corrected chi connectivity index (χ1v) is 8.01. The molecule has 3 heteroatoms. The average Bonchev–Trinajstić information content (AvgIpc) is 2.81. The van der Waals surface area contributed by atoms with Gasteiger partial charge in [0.1, 0.15) is 6.10 Å². The Bertz CT molecular complexity index is 835. The summed E-state index contributed by atoms with van der Waals surface area (Å²) in [6.07, 6.45) is 0.150. The monoisotopic (exact) mass is 311 g/mol. The minimum Gasteiger partial charge on any atom is -0.362 e. The van der Waals surface area contributed by atoms with Crippen molar-refractivity contribution in [2.24, 2.45) is 0 Å². The molecule has 0 amide bonds. The quantitative estimate of drug-likeness (QED) is 0.609. The van der Waals surface area contributed by atoms with E-state index in [0.717, 1.165) is 17.1 Å². The third kappa shape index (κ3) is 2.06. The van der Waals surface area contributed by atoms with Crippen molar-refractivity contribution < 1.29 is 4.74 Å². The van der Waals surface area contributed by atoms with Gasteiger partial charge in [0.05, 0.1) is 11.8 Å². The fraction of sp³-hybridized carbons (Fsp3) is 0.263. The Balaban J connectivity index is 1.95. The zero-order valence-corrected chi connectivity index (χ0v) is 13.5. The van der Waals surface area contributed by atoms with Gasteiger partial charge in [-0.05, 0) is 43.2 Å². The van der Waals surface area contributed by atoms with E-state index in [1.54, 1.807) is 0 Å². The van der Waals surface area contributed by atoms with Gasteiger partial charge in [-0.1, -0.05) is 41.9 Å². The van der Waals surface area contributed by atoms with Crippen molar-refractivity contribution >= 4 is 22.5 Å². The van der Waals surface area contributed by atoms with E-state index in [-0.39, 0.29) is 12.2 Å². The molecule has 2 nitrogen and oxygen atoms in total. The Morgan fingerprint density at radius 3 is 2.59 bits per heavy atom. The molecule has 0 aliphatic carbocycles. The van der Waals surface area contributed by atoms with Crippen LogP contribution in [0.2, 0.25) is 5.02 Å². The molecule has 2 aromatic carbocycles. The highest BCUT2D eigenvalue weighted by Gasteiger charge is 2.30. The lowest BCUT2D eigenvalue weighted by Gasteiger charge is -2.31. The Morgan fingerprint density at radius 2 is 1.82 bits per heavy atom. The summed E-state index contributed by atoms with van der Waals surface area (Å²) in [5, 5.41) is 2.07.